The molecule has 0 bridgehead atoms. The van der Waals surface area contributed by atoms with E-state index >= 15 is 0 Å². The number of amides is 1. The van der Waals surface area contributed by atoms with E-state index in [0.29, 0.717) is 50.7 Å². The second-order valence-corrected chi connectivity index (χ2v) is 7.66. The molecule has 8 nitrogen and oxygen atoms in total. The summed E-state index contributed by atoms with van der Waals surface area (Å²) in [5.74, 6) is 1.80. The Morgan fingerprint density at radius 2 is 1.62 bits per heavy atom. The molecule has 9 heteroatoms. The van der Waals surface area contributed by atoms with E-state index in [1.165, 1.54) is 7.11 Å². The van der Waals surface area contributed by atoms with Gasteiger partial charge in [0.05, 0.1) is 37.6 Å². The molecule has 174 valence electrons. The van der Waals surface area contributed by atoms with Crippen molar-refractivity contribution in [2.24, 2.45) is 0 Å². The van der Waals surface area contributed by atoms with E-state index in [0.717, 1.165) is 10.9 Å². The molecular formula is C25H23ClN4O4. The Hall–Kier alpha value is -4.04. The zero-order valence-electron chi connectivity index (χ0n) is 19.1. The summed E-state index contributed by atoms with van der Waals surface area (Å²) < 4.78 is 16.0. The minimum absolute atomic E-state index is 0.295. The molecule has 1 heterocycles. The Bertz CT molecular complexity index is 1380. The van der Waals surface area contributed by atoms with Crippen LogP contribution < -0.4 is 24.8 Å². The van der Waals surface area contributed by atoms with Crippen LogP contribution in [0.15, 0.2) is 54.6 Å². The van der Waals surface area contributed by atoms with E-state index in [1.807, 2.05) is 24.3 Å². The van der Waals surface area contributed by atoms with Gasteiger partial charge in [0.1, 0.15) is 5.75 Å². The van der Waals surface area contributed by atoms with Gasteiger partial charge in [0.25, 0.3) is 5.91 Å². The monoisotopic (exact) mass is 478 g/mol. The molecule has 1 amide bonds. The first-order chi connectivity index (χ1) is 16.5. The van der Waals surface area contributed by atoms with Crippen LogP contribution in [-0.2, 0) is 0 Å². The van der Waals surface area contributed by atoms with Gasteiger partial charge in [0, 0.05) is 35.3 Å². The molecule has 1 aromatic heterocycles. The van der Waals surface area contributed by atoms with Gasteiger partial charge in [-0.3, -0.25) is 4.79 Å². The first kappa shape index (κ1) is 23.1. The lowest BCUT2D eigenvalue weighted by Crippen LogP contribution is -2.12. The van der Waals surface area contributed by atoms with Crippen LogP contribution in [0.1, 0.15) is 10.4 Å². The van der Waals surface area contributed by atoms with Crippen LogP contribution in [0.3, 0.4) is 0 Å². The third-order valence-electron chi connectivity index (χ3n) is 5.23. The van der Waals surface area contributed by atoms with E-state index in [4.69, 9.17) is 25.8 Å². The van der Waals surface area contributed by atoms with Crippen molar-refractivity contribution in [1.82, 2.24) is 9.97 Å². The Labute approximate surface area is 201 Å². The molecular weight excluding hydrogens is 456 g/mol. The third-order valence-corrected chi connectivity index (χ3v) is 5.53. The summed E-state index contributed by atoms with van der Waals surface area (Å²) in [6, 6.07) is 15.9. The summed E-state index contributed by atoms with van der Waals surface area (Å²) >= 11 is 6.17. The number of carbonyl (C=O) groups is 1. The number of rotatable bonds is 7. The summed E-state index contributed by atoms with van der Waals surface area (Å²) in [4.78, 5) is 22.0. The van der Waals surface area contributed by atoms with Crippen LogP contribution in [0.4, 0.5) is 11.6 Å². The van der Waals surface area contributed by atoms with Gasteiger partial charge in [-0.1, -0.05) is 23.7 Å². The molecule has 0 atom stereocenters. The molecule has 4 aromatic rings. The van der Waals surface area contributed by atoms with E-state index < -0.39 is 0 Å². The lowest BCUT2D eigenvalue weighted by Gasteiger charge is -2.13. The number of anilines is 2. The molecule has 0 fully saturated rings. The number of aromatic nitrogens is 2. The first-order valence-electron chi connectivity index (χ1n) is 10.3. The van der Waals surface area contributed by atoms with Crippen molar-refractivity contribution >= 4 is 40.0 Å². The molecule has 0 aliphatic carbocycles. The number of nitrogens with zero attached hydrogens (tertiary/aromatic N) is 2. The molecule has 3 aromatic carbocycles. The van der Waals surface area contributed by atoms with E-state index in [9.17, 15) is 4.79 Å². The SMILES string of the molecule is CNc1nc(-c2cccc(NC(=O)c3ccc(OC)c(Cl)c3)c2)c2cc(OC)c(OC)cc2n1. The Morgan fingerprint density at radius 3 is 2.29 bits per heavy atom. The van der Waals surface area contributed by atoms with Gasteiger partial charge in [-0.2, -0.15) is 0 Å². The minimum atomic E-state index is -0.295. The first-order valence-corrected chi connectivity index (χ1v) is 10.7. The van der Waals surface area contributed by atoms with E-state index in [-0.39, 0.29) is 5.91 Å². The highest BCUT2D eigenvalue weighted by Crippen LogP contribution is 2.36. The third kappa shape index (κ3) is 4.53. The number of carbonyl (C=O) groups excluding carboxylic acids is 1. The molecule has 0 saturated heterocycles. The normalized spacial score (nSPS) is 10.6. The predicted octanol–water partition coefficient (Wildman–Crippen LogP) is 5.27. The fourth-order valence-corrected chi connectivity index (χ4v) is 3.80. The summed E-state index contributed by atoms with van der Waals surface area (Å²) in [7, 11) is 6.43. The molecule has 2 N–H and O–H groups in total. The van der Waals surface area contributed by atoms with E-state index in [1.54, 1.807) is 51.6 Å². The van der Waals surface area contributed by atoms with Crippen molar-refractivity contribution < 1.29 is 19.0 Å². The predicted molar refractivity (Wildman–Crippen MR) is 134 cm³/mol. The summed E-state index contributed by atoms with van der Waals surface area (Å²) in [5, 5.41) is 7.04. The van der Waals surface area contributed by atoms with Gasteiger partial charge in [-0.15, -0.1) is 0 Å². The molecule has 0 aliphatic heterocycles. The van der Waals surface area contributed by atoms with Crippen molar-refractivity contribution in [3.8, 4) is 28.5 Å². The second-order valence-electron chi connectivity index (χ2n) is 7.25. The van der Waals surface area contributed by atoms with Crippen LogP contribution in [-0.4, -0.2) is 44.3 Å². The molecule has 0 aliphatic rings. The van der Waals surface area contributed by atoms with Crippen molar-refractivity contribution in [2.75, 3.05) is 39.0 Å². The smallest absolute Gasteiger partial charge is 0.255 e. The summed E-state index contributed by atoms with van der Waals surface area (Å²) in [5.41, 5.74) is 3.18. The highest BCUT2D eigenvalue weighted by molar-refractivity contribution is 6.32. The number of halogens is 1. The molecule has 0 saturated carbocycles. The van der Waals surface area contributed by atoms with Gasteiger partial charge < -0.3 is 24.8 Å². The van der Waals surface area contributed by atoms with Crippen molar-refractivity contribution in [3.63, 3.8) is 0 Å². The number of fused-ring (bicyclic) bond motifs is 1. The Morgan fingerprint density at radius 1 is 0.882 bits per heavy atom. The average molecular weight is 479 g/mol. The summed E-state index contributed by atoms with van der Waals surface area (Å²) in [6.07, 6.45) is 0. The van der Waals surface area contributed by atoms with Crippen LogP contribution in [0.25, 0.3) is 22.2 Å². The average Bonchev–Trinajstić information content (AvgIpc) is 2.87. The maximum absolute atomic E-state index is 12.8. The molecule has 34 heavy (non-hydrogen) atoms. The van der Waals surface area contributed by atoms with Gasteiger partial charge in [0.2, 0.25) is 5.95 Å². The van der Waals surface area contributed by atoms with Gasteiger partial charge in [-0.05, 0) is 36.4 Å². The van der Waals surface area contributed by atoms with Crippen LogP contribution in [0, 0.1) is 0 Å². The van der Waals surface area contributed by atoms with Crippen LogP contribution in [0.5, 0.6) is 17.2 Å². The fourth-order valence-electron chi connectivity index (χ4n) is 3.54. The molecule has 4 rings (SSSR count). The number of hydrogen-bond acceptors (Lipinski definition) is 7. The lowest BCUT2D eigenvalue weighted by molar-refractivity contribution is 0.102. The number of methoxy groups -OCH3 is 3. The molecule has 0 spiro atoms. The Kier molecular flexibility index (Phi) is 6.70. The van der Waals surface area contributed by atoms with Crippen molar-refractivity contribution in [1.29, 1.82) is 0 Å². The number of benzene rings is 3. The number of nitrogens with one attached hydrogen (secondary N) is 2. The topological polar surface area (TPSA) is 94.6 Å². The van der Waals surface area contributed by atoms with Gasteiger partial charge >= 0.3 is 0 Å². The second kappa shape index (κ2) is 9.84. The maximum atomic E-state index is 12.8. The van der Waals surface area contributed by atoms with Crippen LogP contribution in [0.2, 0.25) is 5.02 Å². The summed E-state index contributed by atoms with van der Waals surface area (Å²) in [6.45, 7) is 0. The highest BCUT2D eigenvalue weighted by Gasteiger charge is 2.16. The zero-order chi connectivity index (χ0) is 24.2. The maximum Gasteiger partial charge on any atom is 0.255 e. The standard InChI is InChI=1S/C25H23ClN4O4/c1-27-25-29-19-13-22(34-4)21(33-3)12-17(19)23(30-25)14-6-5-7-16(10-14)28-24(31)15-8-9-20(32-2)18(26)11-15/h5-13H,1-4H3,(H,28,31)(H,27,29,30). The quantitative estimate of drug-likeness (QED) is 0.373. The van der Waals surface area contributed by atoms with E-state index in [2.05, 4.69) is 20.6 Å². The zero-order valence-corrected chi connectivity index (χ0v) is 19.9. The van der Waals surface area contributed by atoms with Crippen molar-refractivity contribution in [3.05, 3.63) is 65.2 Å². The highest BCUT2D eigenvalue weighted by atomic mass is 35.5. The minimum Gasteiger partial charge on any atom is -0.495 e. The number of hydrogen-bond donors (Lipinski definition) is 2. The molecule has 0 unspecified atom stereocenters. The van der Waals surface area contributed by atoms with Gasteiger partial charge in [0.15, 0.2) is 11.5 Å². The molecule has 0 radical (unpaired) electrons. The fraction of sp³-hybridized carbons (Fsp3) is 0.160. The Balaban J connectivity index is 1.74. The lowest BCUT2D eigenvalue weighted by atomic mass is 10.0. The number of ether oxygens (including phenoxy) is 3. The largest absolute Gasteiger partial charge is 0.495 e. The van der Waals surface area contributed by atoms with Crippen LogP contribution >= 0.6 is 11.6 Å². The van der Waals surface area contributed by atoms with Gasteiger partial charge in [-0.25, -0.2) is 9.97 Å². The van der Waals surface area contributed by atoms with Crippen molar-refractivity contribution in [2.45, 2.75) is 0 Å².